The standard InChI is InChI=1S/C40H48N6O5.C2H5NO/c1-27(6-5-20-47)45(3)40(50)34-13-10-32(22-31(34)26-48)46-18-14-28(15-19-46)16-21-51-33-11-8-29(9-12-33)39(49)43-38-24-35-30(25-41-38)23-36(42-35)37-7-4-17-44(37)2;1-3-2-4/h8-13,20,22-28,37,42H,4-7,14-19,21H2,1-3H3,(H,41,43,49);2H,1H3,(H,3,4). The first-order valence-electron chi connectivity index (χ1n) is 19.0. The molecule has 0 saturated carbocycles. The molecule has 0 radical (unpaired) electrons. The van der Waals surface area contributed by atoms with E-state index in [1.165, 1.54) is 12.1 Å². The molecule has 2 saturated heterocycles. The first-order chi connectivity index (χ1) is 26.6. The van der Waals surface area contributed by atoms with Crippen LogP contribution in [0.3, 0.4) is 0 Å². The Labute approximate surface area is 322 Å². The van der Waals surface area contributed by atoms with Crippen LogP contribution in [0.2, 0.25) is 0 Å². The maximum atomic E-state index is 13.1. The van der Waals surface area contributed by atoms with E-state index in [0.717, 1.165) is 80.2 Å². The van der Waals surface area contributed by atoms with Crippen molar-refractivity contribution < 1.29 is 28.7 Å². The molecule has 6 rings (SSSR count). The van der Waals surface area contributed by atoms with E-state index in [2.05, 4.69) is 43.5 Å². The van der Waals surface area contributed by atoms with Gasteiger partial charge in [-0.25, -0.2) is 4.98 Å². The molecule has 4 aromatic rings. The number of rotatable bonds is 15. The van der Waals surface area contributed by atoms with Crippen LogP contribution in [-0.4, -0.2) is 104 Å². The van der Waals surface area contributed by atoms with Crippen molar-refractivity contribution in [1.82, 2.24) is 25.1 Å². The molecule has 13 heteroatoms. The van der Waals surface area contributed by atoms with Crippen molar-refractivity contribution in [3.8, 4) is 5.75 Å². The van der Waals surface area contributed by atoms with Crippen LogP contribution in [-0.2, 0) is 9.59 Å². The van der Waals surface area contributed by atoms with E-state index in [1.807, 2.05) is 31.2 Å². The highest BCUT2D eigenvalue weighted by atomic mass is 16.5. The molecular formula is C42H53N7O6. The third-order valence-electron chi connectivity index (χ3n) is 10.7. The van der Waals surface area contributed by atoms with Crippen LogP contribution in [0.4, 0.5) is 11.5 Å². The number of ether oxygens (including phenoxy) is 1. The minimum atomic E-state index is -0.225. The molecule has 3 amide bonds. The Kier molecular flexibility index (Phi) is 14.5. The quantitative estimate of drug-likeness (QED) is 0.126. The number of piperidine rings is 1. The number of aromatic nitrogens is 2. The first-order valence-corrected chi connectivity index (χ1v) is 19.0. The lowest BCUT2D eigenvalue weighted by molar-refractivity contribution is -0.109. The number of benzene rings is 2. The average Bonchev–Trinajstić information content (AvgIpc) is 3.85. The van der Waals surface area contributed by atoms with Crippen LogP contribution >= 0.6 is 0 Å². The molecule has 2 aromatic heterocycles. The van der Waals surface area contributed by atoms with Crippen LogP contribution in [0, 0.1) is 5.92 Å². The summed E-state index contributed by atoms with van der Waals surface area (Å²) >= 11 is 0. The normalized spacial score (nSPS) is 16.4. The number of hydrogen-bond donors (Lipinski definition) is 3. The monoisotopic (exact) mass is 751 g/mol. The van der Waals surface area contributed by atoms with Gasteiger partial charge in [0, 0.05) is 85.8 Å². The highest BCUT2D eigenvalue weighted by Gasteiger charge is 2.25. The number of aldehydes is 2. The second-order valence-corrected chi connectivity index (χ2v) is 14.4. The van der Waals surface area contributed by atoms with Crippen LogP contribution < -0.4 is 20.3 Å². The largest absolute Gasteiger partial charge is 0.494 e. The molecule has 13 nitrogen and oxygen atoms in total. The number of carbonyl (C=O) groups excluding carboxylic acids is 5. The molecule has 0 aliphatic carbocycles. The minimum Gasteiger partial charge on any atom is -0.494 e. The number of aromatic amines is 1. The summed E-state index contributed by atoms with van der Waals surface area (Å²) in [4.78, 5) is 72.0. The van der Waals surface area contributed by atoms with Crippen molar-refractivity contribution in [2.24, 2.45) is 5.92 Å². The summed E-state index contributed by atoms with van der Waals surface area (Å²) in [5.41, 5.74) is 4.37. The van der Waals surface area contributed by atoms with E-state index in [0.29, 0.717) is 60.3 Å². The first kappa shape index (κ1) is 40.6. The topological polar surface area (TPSA) is 157 Å². The number of anilines is 2. The van der Waals surface area contributed by atoms with Gasteiger partial charge in [0.05, 0.1) is 17.7 Å². The van der Waals surface area contributed by atoms with Crippen molar-refractivity contribution in [2.75, 3.05) is 57.6 Å². The van der Waals surface area contributed by atoms with Gasteiger partial charge in [-0.3, -0.25) is 24.1 Å². The second kappa shape index (κ2) is 19.7. The number of nitrogens with one attached hydrogen (secondary N) is 3. The highest BCUT2D eigenvalue weighted by molar-refractivity contribution is 6.04. The molecule has 292 valence electrons. The molecule has 0 bridgehead atoms. The van der Waals surface area contributed by atoms with Gasteiger partial charge in [0.2, 0.25) is 6.41 Å². The summed E-state index contributed by atoms with van der Waals surface area (Å²) < 4.78 is 6.04. The molecule has 2 aromatic carbocycles. The number of pyridine rings is 1. The van der Waals surface area contributed by atoms with Gasteiger partial charge in [-0.2, -0.15) is 0 Å². The molecule has 2 unspecified atom stereocenters. The molecule has 2 aliphatic heterocycles. The van der Waals surface area contributed by atoms with Gasteiger partial charge in [-0.15, -0.1) is 0 Å². The van der Waals surface area contributed by atoms with E-state index >= 15 is 0 Å². The van der Waals surface area contributed by atoms with E-state index in [9.17, 15) is 19.2 Å². The maximum absolute atomic E-state index is 13.1. The Bertz CT molecular complexity index is 1920. The molecule has 0 spiro atoms. The predicted molar refractivity (Wildman–Crippen MR) is 214 cm³/mol. The fourth-order valence-corrected chi connectivity index (χ4v) is 7.25. The van der Waals surface area contributed by atoms with E-state index in [-0.39, 0.29) is 17.9 Å². The van der Waals surface area contributed by atoms with Gasteiger partial charge in [0.1, 0.15) is 17.9 Å². The maximum Gasteiger partial charge on any atom is 0.256 e. The Morgan fingerprint density at radius 1 is 1.04 bits per heavy atom. The lowest BCUT2D eigenvalue weighted by Gasteiger charge is -2.34. The Morgan fingerprint density at radius 3 is 2.44 bits per heavy atom. The van der Waals surface area contributed by atoms with Crippen LogP contribution in [0.5, 0.6) is 5.75 Å². The molecule has 2 aliphatic rings. The summed E-state index contributed by atoms with van der Waals surface area (Å²) in [6.07, 6.45) is 10.2. The van der Waals surface area contributed by atoms with E-state index in [4.69, 9.17) is 9.53 Å². The SMILES string of the molecule is CC(CCC=O)N(C)C(=O)c1ccc(N2CCC(CCOc3ccc(C(=O)Nc4cc5[nH]c(C6CCCN6C)cc5cn4)cc3)CC2)cc1C=O.CNC=O. The smallest absolute Gasteiger partial charge is 0.256 e. The lowest BCUT2D eigenvalue weighted by atomic mass is 9.93. The summed E-state index contributed by atoms with van der Waals surface area (Å²) in [7, 11) is 5.42. The van der Waals surface area contributed by atoms with Crippen molar-refractivity contribution in [2.45, 2.75) is 64.0 Å². The van der Waals surface area contributed by atoms with E-state index < -0.39 is 0 Å². The minimum absolute atomic E-state index is 0.108. The highest BCUT2D eigenvalue weighted by Crippen LogP contribution is 2.32. The lowest BCUT2D eigenvalue weighted by Crippen LogP contribution is -2.36. The van der Waals surface area contributed by atoms with Gasteiger partial charge >= 0.3 is 0 Å². The summed E-state index contributed by atoms with van der Waals surface area (Å²) in [5.74, 6) is 1.29. The number of likely N-dealkylation sites (tertiary alicyclic amines) is 1. The Morgan fingerprint density at radius 2 is 1.78 bits per heavy atom. The molecule has 3 N–H and O–H groups in total. The molecule has 55 heavy (non-hydrogen) atoms. The van der Waals surface area contributed by atoms with E-state index in [1.54, 1.807) is 49.5 Å². The van der Waals surface area contributed by atoms with Gasteiger partial charge < -0.3 is 34.9 Å². The van der Waals surface area contributed by atoms with Crippen molar-refractivity contribution >= 4 is 53.2 Å². The number of H-pyrrole nitrogens is 1. The molecule has 2 fully saturated rings. The Balaban J connectivity index is 0.00000138. The second-order valence-electron chi connectivity index (χ2n) is 14.4. The average molecular weight is 752 g/mol. The van der Waals surface area contributed by atoms with Crippen molar-refractivity contribution in [1.29, 1.82) is 0 Å². The van der Waals surface area contributed by atoms with Gasteiger partial charge in [-0.05, 0) is 113 Å². The molecule has 2 atom stereocenters. The fourth-order valence-electron chi connectivity index (χ4n) is 7.25. The summed E-state index contributed by atoms with van der Waals surface area (Å²) in [5, 5.41) is 6.20. The fraction of sp³-hybridized carbons (Fsp3) is 0.429. The number of carbonyl (C=O) groups is 5. The van der Waals surface area contributed by atoms with Gasteiger partial charge in [0.15, 0.2) is 6.29 Å². The number of fused-ring (bicyclic) bond motifs is 1. The van der Waals surface area contributed by atoms with Gasteiger partial charge in [-0.1, -0.05) is 0 Å². The molecule has 4 heterocycles. The Hall–Kier alpha value is -5.56. The zero-order valence-corrected chi connectivity index (χ0v) is 32.3. The summed E-state index contributed by atoms with van der Waals surface area (Å²) in [6, 6.07) is 17.0. The number of hydrogen-bond acceptors (Lipinski definition) is 9. The zero-order chi connectivity index (χ0) is 39.3. The number of amides is 3. The van der Waals surface area contributed by atoms with Crippen molar-refractivity contribution in [3.05, 3.63) is 83.2 Å². The van der Waals surface area contributed by atoms with Crippen LogP contribution in [0.15, 0.2) is 60.8 Å². The summed E-state index contributed by atoms with van der Waals surface area (Å²) in [6.45, 7) is 5.29. The van der Waals surface area contributed by atoms with Crippen LogP contribution in [0.1, 0.15) is 94.7 Å². The van der Waals surface area contributed by atoms with Crippen molar-refractivity contribution in [3.63, 3.8) is 0 Å². The third kappa shape index (κ3) is 10.6. The number of nitrogens with zero attached hydrogens (tertiary/aromatic N) is 4. The third-order valence-corrected chi connectivity index (χ3v) is 10.7. The molecular weight excluding hydrogens is 699 g/mol. The van der Waals surface area contributed by atoms with Crippen LogP contribution in [0.25, 0.3) is 10.9 Å². The zero-order valence-electron chi connectivity index (χ0n) is 32.3. The predicted octanol–water partition coefficient (Wildman–Crippen LogP) is 5.88. The van der Waals surface area contributed by atoms with Gasteiger partial charge in [0.25, 0.3) is 11.8 Å².